The summed E-state index contributed by atoms with van der Waals surface area (Å²) in [5.41, 5.74) is 2.90. The number of hydrogen-bond donors (Lipinski definition) is 2. The van der Waals surface area contributed by atoms with Crippen LogP contribution in [-0.2, 0) is 11.3 Å². The summed E-state index contributed by atoms with van der Waals surface area (Å²) in [6, 6.07) is 14.7. The maximum absolute atomic E-state index is 12.2. The van der Waals surface area contributed by atoms with Gasteiger partial charge >= 0.3 is 0 Å². The van der Waals surface area contributed by atoms with Crippen molar-refractivity contribution in [3.63, 3.8) is 0 Å². The van der Waals surface area contributed by atoms with Crippen LogP contribution < -0.4 is 5.32 Å². The molecule has 2 aromatic carbocycles. The summed E-state index contributed by atoms with van der Waals surface area (Å²) >= 11 is 7.81. The fraction of sp³-hybridized carbons (Fsp3) is 0.158. The lowest BCUT2D eigenvalue weighted by atomic mass is 10.1. The summed E-state index contributed by atoms with van der Waals surface area (Å²) < 4.78 is 1.77. The Morgan fingerprint density at radius 3 is 2.77 bits per heavy atom. The number of anilines is 1. The van der Waals surface area contributed by atoms with Gasteiger partial charge in [0.25, 0.3) is 0 Å². The Balaban J connectivity index is 1.73. The number of nitrogens with one attached hydrogen (secondary N) is 1. The SMILES string of the molecule is O=C1CSC(c2ccc(O)cc2)c2cnn(Cc3ccccc3Cl)c2N1. The Kier molecular flexibility index (Phi) is 4.61. The fourth-order valence-electron chi connectivity index (χ4n) is 2.98. The molecule has 4 rings (SSSR count). The normalized spacial score (nSPS) is 16.7. The van der Waals surface area contributed by atoms with Gasteiger partial charge in [-0.25, -0.2) is 4.68 Å². The van der Waals surface area contributed by atoms with Crippen molar-refractivity contribution in [1.29, 1.82) is 0 Å². The molecule has 0 aliphatic carbocycles. The van der Waals surface area contributed by atoms with E-state index in [4.69, 9.17) is 11.6 Å². The average Bonchev–Trinajstić information content (AvgIpc) is 2.92. The lowest BCUT2D eigenvalue weighted by molar-refractivity contribution is -0.113. The first-order chi connectivity index (χ1) is 12.6. The molecule has 26 heavy (non-hydrogen) atoms. The van der Waals surface area contributed by atoms with E-state index in [-0.39, 0.29) is 16.9 Å². The lowest BCUT2D eigenvalue weighted by Crippen LogP contribution is -2.17. The molecule has 1 aliphatic heterocycles. The van der Waals surface area contributed by atoms with Crippen molar-refractivity contribution in [2.24, 2.45) is 0 Å². The van der Waals surface area contributed by atoms with Gasteiger partial charge in [0.1, 0.15) is 11.6 Å². The molecule has 0 spiro atoms. The molecule has 1 unspecified atom stereocenters. The van der Waals surface area contributed by atoms with Crippen molar-refractivity contribution in [2.45, 2.75) is 11.8 Å². The van der Waals surface area contributed by atoms with E-state index in [1.165, 1.54) is 0 Å². The van der Waals surface area contributed by atoms with Gasteiger partial charge in [-0.3, -0.25) is 4.79 Å². The zero-order valence-electron chi connectivity index (χ0n) is 13.7. The van der Waals surface area contributed by atoms with Gasteiger partial charge < -0.3 is 10.4 Å². The summed E-state index contributed by atoms with van der Waals surface area (Å²) in [6.07, 6.45) is 1.79. The molecule has 0 saturated carbocycles. The van der Waals surface area contributed by atoms with E-state index in [0.29, 0.717) is 23.1 Å². The van der Waals surface area contributed by atoms with Gasteiger partial charge in [0, 0.05) is 10.6 Å². The fourth-order valence-corrected chi connectivity index (χ4v) is 4.27. The summed E-state index contributed by atoms with van der Waals surface area (Å²) in [7, 11) is 0. The third kappa shape index (κ3) is 3.30. The average molecular weight is 386 g/mol. The van der Waals surface area contributed by atoms with Crippen molar-refractivity contribution >= 4 is 35.1 Å². The lowest BCUT2D eigenvalue weighted by Gasteiger charge is -2.14. The largest absolute Gasteiger partial charge is 0.508 e. The molecule has 3 aromatic rings. The number of amides is 1. The second kappa shape index (κ2) is 7.05. The summed E-state index contributed by atoms with van der Waals surface area (Å²) in [5.74, 6) is 1.21. The first-order valence-corrected chi connectivity index (χ1v) is 9.54. The van der Waals surface area contributed by atoms with Crippen LogP contribution >= 0.6 is 23.4 Å². The van der Waals surface area contributed by atoms with Crippen LogP contribution in [0.1, 0.15) is 21.9 Å². The molecular weight excluding hydrogens is 370 g/mol. The van der Waals surface area contributed by atoms with Crippen molar-refractivity contribution in [3.05, 3.63) is 76.4 Å². The summed E-state index contributed by atoms with van der Waals surface area (Å²) in [4.78, 5) is 12.2. The number of aromatic nitrogens is 2. The van der Waals surface area contributed by atoms with Crippen LogP contribution in [0.25, 0.3) is 0 Å². The molecule has 0 radical (unpaired) electrons. The molecule has 1 aliphatic rings. The Labute approximate surface area is 160 Å². The molecule has 0 fully saturated rings. The highest BCUT2D eigenvalue weighted by Gasteiger charge is 2.27. The summed E-state index contributed by atoms with van der Waals surface area (Å²) in [5, 5.41) is 17.6. The summed E-state index contributed by atoms with van der Waals surface area (Å²) in [6.45, 7) is 0.474. The van der Waals surface area contributed by atoms with Gasteiger partial charge in [-0.1, -0.05) is 41.9 Å². The number of rotatable bonds is 3. The van der Waals surface area contributed by atoms with Gasteiger partial charge in [0.2, 0.25) is 5.91 Å². The predicted molar refractivity (Wildman–Crippen MR) is 104 cm³/mol. The van der Waals surface area contributed by atoms with E-state index in [1.54, 1.807) is 34.8 Å². The van der Waals surface area contributed by atoms with E-state index in [1.807, 2.05) is 36.4 Å². The second-order valence-electron chi connectivity index (χ2n) is 6.03. The maximum Gasteiger partial charge on any atom is 0.235 e. The third-order valence-electron chi connectivity index (χ3n) is 4.26. The maximum atomic E-state index is 12.2. The number of aromatic hydroxyl groups is 1. The molecule has 2 N–H and O–H groups in total. The Hall–Kier alpha value is -2.44. The number of nitrogens with zero attached hydrogens (tertiary/aromatic N) is 2. The van der Waals surface area contributed by atoms with Gasteiger partial charge in [-0.05, 0) is 29.3 Å². The molecule has 1 aromatic heterocycles. The standard InChI is InChI=1S/C19H16ClN3O2S/c20-16-4-2-1-3-13(16)10-23-19-15(9-21-23)18(26-11-17(25)22-19)12-5-7-14(24)8-6-12/h1-9,18,24H,10-11H2,(H,22,25). The molecule has 1 atom stereocenters. The van der Waals surface area contributed by atoms with Gasteiger partial charge in [0.05, 0.1) is 23.7 Å². The number of carbonyl (C=O) groups excluding carboxylic acids is 1. The number of phenols is 1. The third-order valence-corrected chi connectivity index (χ3v) is 5.92. The van der Waals surface area contributed by atoms with Crippen LogP contribution in [0.2, 0.25) is 5.02 Å². The minimum absolute atomic E-state index is 0.0375. The monoisotopic (exact) mass is 385 g/mol. The molecular formula is C19H16ClN3O2S. The van der Waals surface area contributed by atoms with E-state index >= 15 is 0 Å². The second-order valence-corrected chi connectivity index (χ2v) is 7.53. The number of phenolic OH excluding ortho intramolecular Hbond substituents is 1. The van der Waals surface area contributed by atoms with E-state index < -0.39 is 0 Å². The number of hydrogen-bond acceptors (Lipinski definition) is 4. The van der Waals surface area contributed by atoms with Crippen LogP contribution in [-0.4, -0.2) is 26.5 Å². The Morgan fingerprint density at radius 1 is 1.23 bits per heavy atom. The number of carbonyl (C=O) groups is 1. The zero-order valence-corrected chi connectivity index (χ0v) is 15.3. The highest BCUT2D eigenvalue weighted by atomic mass is 35.5. The number of halogens is 1. The Bertz CT molecular complexity index is 956. The molecule has 2 heterocycles. The highest BCUT2D eigenvalue weighted by molar-refractivity contribution is 8.00. The van der Waals surface area contributed by atoms with Crippen LogP contribution in [0.5, 0.6) is 5.75 Å². The predicted octanol–water partition coefficient (Wildman–Crippen LogP) is 4.07. The number of benzene rings is 2. The first-order valence-electron chi connectivity index (χ1n) is 8.11. The van der Waals surface area contributed by atoms with Gasteiger partial charge in [-0.15, -0.1) is 11.8 Å². The minimum Gasteiger partial charge on any atom is -0.508 e. The zero-order chi connectivity index (χ0) is 18.1. The number of thioether (sulfide) groups is 1. The van der Waals surface area contributed by atoms with Crippen molar-refractivity contribution in [3.8, 4) is 5.75 Å². The first kappa shape index (κ1) is 17.0. The van der Waals surface area contributed by atoms with Gasteiger partial charge in [0.15, 0.2) is 0 Å². The molecule has 1 amide bonds. The molecule has 0 saturated heterocycles. The van der Waals surface area contributed by atoms with E-state index in [2.05, 4.69) is 10.4 Å². The number of fused-ring (bicyclic) bond motifs is 1. The van der Waals surface area contributed by atoms with E-state index in [9.17, 15) is 9.90 Å². The smallest absolute Gasteiger partial charge is 0.235 e. The Morgan fingerprint density at radius 2 is 2.00 bits per heavy atom. The van der Waals surface area contributed by atoms with Crippen molar-refractivity contribution < 1.29 is 9.90 Å². The van der Waals surface area contributed by atoms with Gasteiger partial charge in [-0.2, -0.15) is 5.10 Å². The van der Waals surface area contributed by atoms with Crippen LogP contribution in [0.15, 0.2) is 54.7 Å². The van der Waals surface area contributed by atoms with E-state index in [0.717, 1.165) is 16.7 Å². The molecule has 7 heteroatoms. The van der Waals surface area contributed by atoms with Crippen molar-refractivity contribution in [2.75, 3.05) is 11.1 Å². The van der Waals surface area contributed by atoms with Crippen molar-refractivity contribution in [1.82, 2.24) is 9.78 Å². The minimum atomic E-state index is -0.0570. The molecule has 5 nitrogen and oxygen atoms in total. The topological polar surface area (TPSA) is 67.1 Å². The van der Waals surface area contributed by atoms with Crippen LogP contribution in [0.4, 0.5) is 5.82 Å². The molecule has 0 bridgehead atoms. The van der Waals surface area contributed by atoms with Crippen LogP contribution in [0, 0.1) is 0 Å². The quantitative estimate of drug-likeness (QED) is 0.713. The molecule has 132 valence electrons. The van der Waals surface area contributed by atoms with Crippen LogP contribution in [0.3, 0.4) is 0 Å². The highest BCUT2D eigenvalue weighted by Crippen LogP contribution is 2.41.